The van der Waals surface area contributed by atoms with Crippen molar-refractivity contribution in [3.8, 4) is 11.5 Å². The highest BCUT2D eigenvalue weighted by Crippen LogP contribution is 2.44. The molecule has 0 bridgehead atoms. The fourth-order valence-corrected chi connectivity index (χ4v) is 5.66. The zero-order valence-electron chi connectivity index (χ0n) is 22.4. The molecule has 5 rings (SSSR count). The maximum atomic E-state index is 13.6. The van der Waals surface area contributed by atoms with Gasteiger partial charge in [-0.15, -0.1) is 0 Å². The van der Waals surface area contributed by atoms with Crippen LogP contribution in [0.15, 0.2) is 90.2 Å². The average molecular weight is 555 g/mol. The van der Waals surface area contributed by atoms with E-state index in [9.17, 15) is 14.7 Å². The van der Waals surface area contributed by atoms with Crippen molar-refractivity contribution in [2.75, 3.05) is 18.6 Å². The zero-order valence-corrected chi connectivity index (χ0v) is 23.2. The molecule has 0 saturated heterocycles. The minimum atomic E-state index is -0.887. The lowest BCUT2D eigenvalue weighted by Crippen LogP contribution is -2.30. The lowest BCUT2D eigenvalue weighted by molar-refractivity contribution is -0.117. The summed E-state index contributed by atoms with van der Waals surface area (Å²) in [5.74, 6) is -0.421. The summed E-state index contributed by atoms with van der Waals surface area (Å²) in [7, 11) is 1.59. The predicted molar refractivity (Wildman–Crippen MR) is 158 cm³/mol. The van der Waals surface area contributed by atoms with Crippen LogP contribution in [0.2, 0.25) is 0 Å². The van der Waals surface area contributed by atoms with E-state index in [1.54, 1.807) is 19.3 Å². The third-order valence-corrected chi connectivity index (χ3v) is 7.70. The minimum absolute atomic E-state index is 0.00264. The molecule has 0 radical (unpaired) electrons. The molecular weight excluding hydrogens is 524 g/mol. The Morgan fingerprint density at radius 1 is 1.05 bits per heavy atom. The van der Waals surface area contributed by atoms with Crippen LogP contribution < -0.4 is 14.4 Å². The predicted octanol–water partition coefficient (Wildman–Crippen LogP) is 7.06. The first-order valence-electron chi connectivity index (χ1n) is 13.2. The molecule has 1 N–H and O–H groups in total. The maximum Gasteiger partial charge on any atom is 0.296 e. The Kier molecular flexibility index (Phi) is 8.26. The van der Waals surface area contributed by atoms with E-state index in [1.165, 1.54) is 22.3 Å². The molecule has 8 heteroatoms. The number of methoxy groups -OCH3 is 1. The molecule has 0 fully saturated rings. The number of benzene rings is 3. The van der Waals surface area contributed by atoms with Crippen LogP contribution in [0.1, 0.15) is 43.4 Å². The SMILES string of the molecule is CCCCCOc1cccc(C2C(C(=O)/C=C/c3ccccc3)=C(O)C(=O)N2c2nc3ccc(OC)cc3s2)c1. The smallest absolute Gasteiger partial charge is 0.296 e. The summed E-state index contributed by atoms with van der Waals surface area (Å²) in [5, 5.41) is 11.4. The van der Waals surface area contributed by atoms with Crippen molar-refractivity contribution in [3.05, 3.63) is 101 Å². The van der Waals surface area contributed by atoms with Gasteiger partial charge < -0.3 is 14.6 Å². The number of amides is 1. The van der Waals surface area contributed by atoms with Crippen molar-refractivity contribution in [1.29, 1.82) is 0 Å². The Bertz CT molecular complexity index is 1590. The number of ether oxygens (including phenoxy) is 2. The molecule has 1 unspecified atom stereocenters. The molecule has 1 aliphatic heterocycles. The Morgan fingerprint density at radius 2 is 1.88 bits per heavy atom. The van der Waals surface area contributed by atoms with Crippen molar-refractivity contribution in [2.45, 2.75) is 32.2 Å². The number of aliphatic hydroxyl groups excluding tert-OH is 1. The van der Waals surface area contributed by atoms with Crippen LogP contribution in [-0.4, -0.2) is 35.5 Å². The van der Waals surface area contributed by atoms with Gasteiger partial charge in [-0.1, -0.05) is 79.6 Å². The number of nitrogens with zero attached hydrogens (tertiary/aromatic N) is 2. The number of carbonyl (C=O) groups excluding carboxylic acids is 2. The quantitative estimate of drug-likeness (QED) is 0.158. The number of unbranched alkanes of at least 4 members (excludes halogenated alkanes) is 2. The molecule has 0 aliphatic carbocycles. The van der Waals surface area contributed by atoms with Gasteiger partial charge in [-0.3, -0.25) is 14.5 Å². The van der Waals surface area contributed by atoms with Gasteiger partial charge in [0.25, 0.3) is 5.91 Å². The summed E-state index contributed by atoms with van der Waals surface area (Å²) in [4.78, 5) is 33.2. The summed E-state index contributed by atoms with van der Waals surface area (Å²) in [6.07, 6.45) is 6.14. The molecule has 1 aliphatic rings. The van der Waals surface area contributed by atoms with Crippen molar-refractivity contribution in [3.63, 3.8) is 0 Å². The van der Waals surface area contributed by atoms with Gasteiger partial charge in [0, 0.05) is 0 Å². The van der Waals surface area contributed by atoms with E-state index in [2.05, 4.69) is 11.9 Å². The van der Waals surface area contributed by atoms with Crippen molar-refractivity contribution >= 4 is 44.5 Å². The number of allylic oxidation sites excluding steroid dienone is 1. The van der Waals surface area contributed by atoms with Gasteiger partial charge in [0.1, 0.15) is 11.5 Å². The van der Waals surface area contributed by atoms with E-state index < -0.39 is 23.5 Å². The summed E-state index contributed by atoms with van der Waals surface area (Å²) in [6.45, 7) is 2.70. The highest BCUT2D eigenvalue weighted by Gasteiger charge is 2.45. The number of aromatic nitrogens is 1. The second-order valence-electron chi connectivity index (χ2n) is 9.41. The number of thiazole rings is 1. The molecule has 1 amide bonds. The van der Waals surface area contributed by atoms with Gasteiger partial charge in [0.2, 0.25) is 0 Å². The molecule has 1 aromatic heterocycles. The summed E-state index contributed by atoms with van der Waals surface area (Å²) in [6, 6.07) is 21.3. The molecule has 0 saturated carbocycles. The molecule has 2 heterocycles. The van der Waals surface area contributed by atoms with E-state index in [-0.39, 0.29) is 5.57 Å². The number of hydrogen-bond donors (Lipinski definition) is 1. The van der Waals surface area contributed by atoms with Gasteiger partial charge in [0.15, 0.2) is 16.7 Å². The van der Waals surface area contributed by atoms with E-state index in [4.69, 9.17) is 9.47 Å². The lowest BCUT2D eigenvalue weighted by atomic mass is 9.95. The number of aliphatic hydroxyl groups is 1. The molecule has 204 valence electrons. The monoisotopic (exact) mass is 554 g/mol. The second kappa shape index (κ2) is 12.2. The zero-order chi connectivity index (χ0) is 28.1. The van der Waals surface area contributed by atoms with Crippen LogP contribution in [0.5, 0.6) is 11.5 Å². The van der Waals surface area contributed by atoms with Gasteiger partial charge in [-0.25, -0.2) is 4.98 Å². The minimum Gasteiger partial charge on any atom is -0.503 e. The number of fused-ring (bicyclic) bond motifs is 1. The molecule has 0 spiro atoms. The summed E-state index contributed by atoms with van der Waals surface area (Å²) in [5.41, 5.74) is 2.15. The highest BCUT2D eigenvalue weighted by molar-refractivity contribution is 7.22. The van der Waals surface area contributed by atoms with Crippen LogP contribution in [-0.2, 0) is 9.59 Å². The van der Waals surface area contributed by atoms with Crippen molar-refractivity contribution < 1.29 is 24.2 Å². The Morgan fingerprint density at radius 3 is 2.65 bits per heavy atom. The second-order valence-corrected chi connectivity index (χ2v) is 10.4. The number of rotatable bonds is 11. The molecule has 4 aromatic rings. The largest absolute Gasteiger partial charge is 0.503 e. The van der Waals surface area contributed by atoms with Crippen LogP contribution in [0.4, 0.5) is 5.13 Å². The van der Waals surface area contributed by atoms with E-state index in [0.717, 1.165) is 29.5 Å². The van der Waals surface area contributed by atoms with Crippen molar-refractivity contribution in [2.24, 2.45) is 0 Å². The van der Waals surface area contributed by atoms with E-state index in [1.807, 2.05) is 66.7 Å². The first kappa shape index (κ1) is 27.1. The molecule has 40 heavy (non-hydrogen) atoms. The standard InChI is InChI=1S/C32H30N2O5S/c1-3-4-8-18-39-24-13-9-12-22(19-24)29-28(26(35)17-14-21-10-6-5-7-11-21)30(36)31(37)34(29)32-33-25-16-15-23(38-2)20-27(25)40-32/h5-7,9-17,19-20,29,36H,3-4,8,18H2,1-2H3/b17-14+. The normalized spacial score (nSPS) is 15.4. The van der Waals surface area contributed by atoms with E-state index >= 15 is 0 Å². The van der Waals surface area contributed by atoms with E-state index in [0.29, 0.717) is 34.3 Å². The number of ketones is 1. The average Bonchev–Trinajstić information content (AvgIpc) is 3.52. The third-order valence-electron chi connectivity index (χ3n) is 6.68. The first-order valence-corrected chi connectivity index (χ1v) is 14.0. The lowest BCUT2D eigenvalue weighted by Gasteiger charge is -2.24. The van der Waals surface area contributed by atoms with Gasteiger partial charge in [-0.05, 0) is 54.0 Å². The van der Waals surface area contributed by atoms with Crippen LogP contribution >= 0.6 is 11.3 Å². The fourth-order valence-electron chi connectivity index (χ4n) is 4.63. The summed E-state index contributed by atoms with van der Waals surface area (Å²) >= 11 is 1.29. The number of anilines is 1. The van der Waals surface area contributed by atoms with Crippen molar-refractivity contribution in [1.82, 2.24) is 4.98 Å². The molecule has 3 aromatic carbocycles. The first-order chi connectivity index (χ1) is 19.5. The third kappa shape index (κ3) is 5.62. The van der Waals surface area contributed by atoms with Gasteiger partial charge in [0.05, 0.1) is 35.5 Å². The van der Waals surface area contributed by atoms with Gasteiger partial charge >= 0.3 is 0 Å². The number of hydrogen-bond acceptors (Lipinski definition) is 7. The topological polar surface area (TPSA) is 89.0 Å². The highest BCUT2D eigenvalue weighted by atomic mass is 32.1. The van der Waals surface area contributed by atoms with Crippen LogP contribution in [0.3, 0.4) is 0 Å². The Balaban J connectivity index is 1.55. The molecule has 7 nitrogen and oxygen atoms in total. The molecular formula is C32H30N2O5S. The Labute approximate surface area is 237 Å². The van der Waals surface area contributed by atoms with Crippen LogP contribution in [0, 0.1) is 0 Å². The Hall–Kier alpha value is -4.43. The fraction of sp³-hybridized carbons (Fsp3) is 0.219. The van der Waals surface area contributed by atoms with Gasteiger partial charge in [-0.2, -0.15) is 0 Å². The number of carbonyl (C=O) groups is 2. The molecule has 1 atom stereocenters. The summed E-state index contributed by atoms with van der Waals surface area (Å²) < 4.78 is 12.1. The maximum absolute atomic E-state index is 13.6. The van der Waals surface area contributed by atoms with Crippen LogP contribution in [0.25, 0.3) is 16.3 Å².